The predicted octanol–water partition coefficient (Wildman–Crippen LogP) is 8.99. The number of phenols is 2. The predicted molar refractivity (Wildman–Crippen MR) is 145 cm³/mol. The molecule has 0 spiro atoms. The van der Waals surface area contributed by atoms with E-state index < -0.39 is 0 Å². The molecule has 0 fully saturated rings. The normalized spacial score (nSPS) is 10.2. The van der Waals surface area contributed by atoms with Gasteiger partial charge in [-0.15, -0.1) is 0 Å². The van der Waals surface area contributed by atoms with Gasteiger partial charge in [-0.05, 0) is 48.9 Å². The summed E-state index contributed by atoms with van der Waals surface area (Å²) < 4.78 is 0. The second kappa shape index (κ2) is 22.6. The second-order valence-electron chi connectivity index (χ2n) is 9.00. The number of para-hydroxylation sites is 2. The van der Waals surface area contributed by atoms with Gasteiger partial charge in [-0.3, -0.25) is 0 Å². The molecular weight excluding hydrogens is 511 g/mol. The van der Waals surface area contributed by atoms with Crippen LogP contribution in [-0.2, 0) is 12.8 Å². The molecule has 2 N–H and O–H groups in total. The third kappa shape index (κ3) is 17.0. The standard InChI is InChI=1S/2C15H24O.Sn/c2*1-2-3-4-5-6-7-8-11-14-12-9-10-13-15(14)16;/h2*9-10,12-13,16H,2-8,11H2,1H3;. The summed E-state index contributed by atoms with van der Waals surface area (Å²) in [6.07, 6.45) is 20.6. The van der Waals surface area contributed by atoms with Crippen molar-refractivity contribution < 1.29 is 10.2 Å². The Balaban J connectivity index is 0.000000602. The Morgan fingerprint density at radius 2 is 0.758 bits per heavy atom. The van der Waals surface area contributed by atoms with Gasteiger partial charge in [-0.2, -0.15) is 0 Å². The van der Waals surface area contributed by atoms with Crippen molar-refractivity contribution in [2.45, 2.75) is 117 Å². The number of phenolic OH excluding ortho intramolecular Hbond substituents is 2. The van der Waals surface area contributed by atoms with E-state index in [2.05, 4.69) is 13.8 Å². The van der Waals surface area contributed by atoms with Crippen molar-refractivity contribution in [2.24, 2.45) is 0 Å². The Kier molecular flexibility index (Phi) is 21.8. The van der Waals surface area contributed by atoms with Crippen molar-refractivity contribution >= 4 is 23.9 Å². The maximum Gasteiger partial charge on any atom is 0.118 e. The first kappa shape index (κ1) is 31.8. The molecule has 0 aliphatic heterocycles. The number of rotatable bonds is 16. The van der Waals surface area contributed by atoms with Gasteiger partial charge in [-0.25, -0.2) is 0 Å². The van der Waals surface area contributed by atoms with Crippen molar-refractivity contribution in [3.63, 3.8) is 0 Å². The Bertz CT molecular complexity index is 627. The van der Waals surface area contributed by atoms with Gasteiger partial charge in [0.25, 0.3) is 0 Å². The first-order valence-corrected chi connectivity index (χ1v) is 13.2. The van der Waals surface area contributed by atoms with Gasteiger partial charge in [0.1, 0.15) is 11.5 Å². The van der Waals surface area contributed by atoms with Crippen LogP contribution in [0.5, 0.6) is 11.5 Å². The number of hydrogen-bond acceptors (Lipinski definition) is 2. The zero-order valence-electron chi connectivity index (χ0n) is 21.3. The van der Waals surface area contributed by atoms with Gasteiger partial charge in [0, 0.05) is 23.9 Å². The van der Waals surface area contributed by atoms with Gasteiger partial charge in [-0.1, -0.05) is 127 Å². The van der Waals surface area contributed by atoms with Crippen molar-refractivity contribution in [1.82, 2.24) is 0 Å². The van der Waals surface area contributed by atoms with Crippen LogP contribution < -0.4 is 0 Å². The van der Waals surface area contributed by atoms with Crippen LogP contribution in [0.1, 0.15) is 115 Å². The molecule has 33 heavy (non-hydrogen) atoms. The fraction of sp³-hybridized carbons (Fsp3) is 0.600. The average molecular weight is 559 g/mol. The number of unbranched alkanes of at least 4 members (excludes halogenated alkanes) is 12. The molecule has 2 rings (SSSR count). The summed E-state index contributed by atoms with van der Waals surface area (Å²) in [5.41, 5.74) is 2.19. The molecule has 0 unspecified atom stereocenters. The molecule has 0 bridgehead atoms. The molecule has 0 saturated heterocycles. The Morgan fingerprint density at radius 3 is 1.09 bits per heavy atom. The molecule has 0 aromatic heterocycles. The summed E-state index contributed by atoms with van der Waals surface area (Å²) in [5, 5.41) is 19.2. The number of aromatic hydroxyl groups is 2. The van der Waals surface area contributed by atoms with E-state index in [1.165, 1.54) is 89.9 Å². The SMILES string of the molecule is CCCCCCCCCc1ccccc1O.CCCCCCCCCc1ccccc1O.[Sn]. The van der Waals surface area contributed by atoms with Gasteiger partial charge in [0.2, 0.25) is 0 Å². The molecule has 184 valence electrons. The smallest absolute Gasteiger partial charge is 0.118 e. The minimum absolute atomic E-state index is 0. The largest absolute Gasteiger partial charge is 0.508 e. The maximum atomic E-state index is 9.58. The monoisotopic (exact) mass is 560 g/mol. The zero-order chi connectivity index (χ0) is 23.3. The van der Waals surface area contributed by atoms with Crippen molar-refractivity contribution in [2.75, 3.05) is 0 Å². The second-order valence-corrected chi connectivity index (χ2v) is 9.00. The third-order valence-corrected chi connectivity index (χ3v) is 6.08. The van der Waals surface area contributed by atoms with Crippen LogP contribution in [0, 0.1) is 0 Å². The summed E-state index contributed by atoms with van der Waals surface area (Å²) >= 11 is 0. The summed E-state index contributed by atoms with van der Waals surface area (Å²) in [7, 11) is 0. The zero-order valence-corrected chi connectivity index (χ0v) is 24.2. The molecule has 0 aliphatic carbocycles. The number of hydrogen-bond donors (Lipinski definition) is 2. The van der Waals surface area contributed by atoms with Crippen LogP contribution in [0.15, 0.2) is 48.5 Å². The van der Waals surface area contributed by atoms with E-state index >= 15 is 0 Å². The topological polar surface area (TPSA) is 40.5 Å². The van der Waals surface area contributed by atoms with E-state index in [9.17, 15) is 10.2 Å². The van der Waals surface area contributed by atoms with E-state index in [0.717, 1.165) is 24.0 Å². The van der Waals surface area contributed by atoms with Gasteiger partial charge in [0.05, 0.1) is 0 Å². The van der Waals surface area contributed by atoms with E-state index in [0.29, 0.717) is 11.5 Å². The van der Waals surface area contributed by atoms with Crippen LogP contribution in [0.4, 0.5) is 0 Å². The number of benzene rings is 2. The van der Waals surface area contributed by atoms with Crippen molar-refractivity contribution in [3.8, 4) is 11.5 Å². The molecule has 0 atom stereocenters. The van der Waals surface area contributed by atoms with E-state index in [4.69, 9.17) is 0 Å². The van der Waals surface area contributed by atoms with Gasteiger partial charge < -0.3 is 10.2 Å². The molecule has 2 aromatic rings. The van der Waals surface area contributed by atoms with Crippen LogP contribution in [0.2, 0.25) is 0 Å². The first-order chi connectivity index (χ1) is 15.7. The van der Waals surface area contributed by atoms with Crippen LogP contribution in [0.3, 0.4) is 0 Å². The fourth-order valence-corrected chi connectivity index (χ4v) is 3.99. The van der Waals surface area contributed by atoms with Crippen LogP contribution in [0.25, 0.3) is 0 Å². The summed E-state index contributed by atoms with van der Waals surface area (Å²) in [6, 6.07) is 15.3. The van der Waals surface area contributed by atoms with Crippen LogP contribution >= 0.6 is 0 Å². The van der Waals surface area contributed by atoms with E-state index in [-0.39, 0.29) is 23.9 Å². The van der Waals surface area contributed by atoms with Crippen molar-refractivity contribution in [3.05, 3.63) is 59.7 Å². The Labute approximate surface area is 221 Å². The molecule has 0 heterocycles. The minimum Gasteiger partial charge on any atom is -0.508 e. The molecule has 0 saturated carbocycles. The molecular formula is C30H48O2Sn. The molecule has 2 nitrogen and oxygen atoms in total. The first-order valence-electron chi connectivity index (χ1n) is 13.2. The average Bonchev–Trinajstić information content (AvgIpc) is 2.80. The fourth-order valence-electron chi connectivity index (χ4n) is 3.99. The summed E-state index contributed by atoms with van der Waals surface area (Å²) in [4.78, 5) is 0. The third-order valence-electron chi connectivity index (χ3n) is 6.08. The summed E-state index contributed by atoms with van der Waals surface area (Å²) in [6.45, 7) is 4.50. The molecule has 0 amide bonds. The van der Waals surface area contributed by atoms with E-state index in [1.54, 1.807) is 12.1 Å². The molecule has 4 radical (unpaired) electrons. The molecule has 2 aromatic carbocycles. The summed E-state index contributed by atoms with van der Waals surface area (Å²) in [5.74, 6) is 0.905. The van der Waals surface area contributed by atoms with Crippen molar-refractivity contribution in [1.29, 1.82) is 0 Å². The minimum atomic E-state index is 0. The Hall–Kier alpha value is -1.16. The van der Waals surface area contributed by atoms with Gasteiger partial charge in [0.15, 0.2) is 0 Å². The van der Waals surface area contributed by atoms with Gasteiger partial charge >= 0.3 is 0 Å². The number of aryl methyl sites for hydroxylation is 2. The molecule has 0 aliphatic rings. The quantitative estimate of drug-likeness (QED) is 0.159. The van der Waals surface area contributed by atoms with E-state index in [1.807, 2.05) is 36.4 Å². The maximum absolute atomic E-state index is 9.58. The Morgan fingerprint density at radius 1 is 0.455 bits per heavy atom. The molecule has 3 heteroatoms. The van der Waals surface area contributed by atoms with Crippen LogP contribution in [-0.4, -0.2) is 34.1 Å².